The molecule has 4 nitrogen and oxygen atoms in total. The van der Waals surface area contributed by atoms with Gasteiger partial charge in [0.25, 0.3) is 0 Å². The summed E-state index contributed by atoms with van der Waals surface area (Å²) in [5, 5.41) is 13.6. The van der Waals surface area contributed by atoms with Gasteiger partial charge in [0.1, 0.15) is 5.82 Å². The number of benzene rings is 1. The Morgan fingerprint density at radius 2 is 2.00 bits per heavy atom. The number of aliphatic hydroxyl groups excluding tert-OH is 1. The highest BCUT2D eigenvalue weighted by Crippen LogP contribution is 2.27. The molecule has 1 aliphatic carbocycles. The molecule has 130 valence electrons. The second kappa shape index (κ2) is 8.45. The summed E-state index contributed by atoms with van der Waals surface area (Å²) in [6.45, 7) is 3.85. The van der Waals surface area contributed by atoms with Gasteiger partial charge in [-0.3, -0.25) is 4.57 Å². The Labute approximate surface area is 144 Å². The van der Waals surface area contributed by atoms with Crippen molar-refractivity contribution in [3.8, 4) is 5.69 Å². The summed E-state index contributed by atoms with van der Waals surface area (Å²) >= 11 is 0. The molecule has 2 unspecified atom stereocenters. The lowest BCUT2D eigenvalue weighted by molar-refractivity contribution is 0.0643. The first-order valence-electron chi connectivity index (χ1n) is 9.23. The molecule has 0 amide bonds. The maximum Gasteiger partial charge on any atom is 0.110 e. The molecule has 3 rings (SSSR count). The molecule has 1 aliphatic rings. The van der Waals surface area contributed by atoms with Gasteiger partial charge < -0.3 is 10.4 Å². The summed E-state index contributed by atoms with van der Waals surface area (Å²) in [6.07, 6.45) is 8.81. The Hall–Kier alpha value is -1.65. The standard InChI is InChI=1S/C20H29N3O/c1-16-22-15-19(23(16)18-10-3-2-4-11-18)14-21-13-7-9-17-8-5-6-12-20(17)24/h2-4,10-11,15,17,20-21,24H,5-9,12-14H2,1H3. The highest BCUT2D eigenvalue weighted by Gasteiger charge is 2.22. The molecule has 1 heterocycles. The first-order chi connectivity index (χ1) is 11.8. The van der Waals surface area contributed by atoms with Gasteiger partial charge in [-0.15, -0.1) is 0 Å². The van der Waals surface area contributed by atoms with Gasteiger partial charge in [0.15, 0.2) is 0 Å². The molecule has 0 bridgehead atoms. The summed E-state index contributed by atoms with van der Waals surface area (Å²) in [4.78, 5) is 4.47. The van der Waals surface area contributed by atoms with Crippen molar-refractivity contribution < 1.29 is 5.11 Å². The van der Waals surface area contributed by atoms with Crippen LogP contribution in [0.5, 0.6) is 0 Å². The van der Waals surface area contributed by atoms with Crippen molar-refractivity contribution in [1.82, 2.24) is 14.9 Å². The number of hydrogen-bond donors (Lipinski definition) is 2. The van der Waals surface area contributed by atoms with Gasteiger partial charge in [-0.2, -0.15) is 0 Å². The number of nitrogens with one attached hydrogen (secondary N) is 1. The third-order valence-corrected chi connectivity index (χ3v) is 5.13. The Balaban J connectivity index is 1.47. The van der Waals surface area contributed by atoms with Crippen molar-refractivity contribution in [2.45, 2.75) is 58.1 Å². The Morgan fingerprint density at radius 1 is 1.21 bits per heavy atom. The quantitative estimate of drug-likeness (QED) is 0.764. The molecule has 2 N–H and O–H groups in total. The second-order valence-corrected chi connectivity index (χ2v) is 6.90. The van der Waals surface area contributed by atoms with Crippen molar-refractivity contribution in [2.75, 3.05) is 6.54 Å². The third kappa shape index (κ3) is 4.25. The van der Waals surface area contributed by atoms with Crippen LogP contribution in [0.3, 0.4) is 0 Å². The zero-order valence-corrected chi connectivity index (χ0v) is 14.6. The lowest BCUT2D eigenvalue weighted by Gasteiger charge is -2.27. The predicted octanol–water partition coefficient (Wildman–Crippen LogP) is 3.60. The molecular formula is C20H29N3O. The van der Waals surface area contributed by atoms with E-state index in [1.54, 1.807) is 0 Å². The van der Waals surface area contributed by atoms with Crippen molar-refractivity contribution in [2.24, 2.45) is 5.92 Å². The van der Waals surface area contributed by atoms with Crippen LogP contribution in [0.4, 0.5) is 0 Å². The number of aromatic nitrogens is 2. The summed E-state index contributed by atoms with van der Waals surface area (Å²) in [5.74, 6) is 1.53. The first-order valence-corrected chi connectivity index (χ1v) is 9.23. The maximum atomic E-state index is 10.0. The molecule has 1 fully saturated rings. The van der Waals surface area contributed by atoms with E-state index in [0.717, 1.165) is 43.9 Å². The average Bonchev–Trinajstić information content (AvgIpc) is 2.97. The van der Waals surface area contributed by atoms with Crippen molar-refractivity contribution >= 4 is 0 Å². The van der Waals surface area contributed by atoms with E-state index in [-0.39, 0.29) is 6.10 Å². The van der Waals surface area contributed by atoms with Crippen molar-refractivity contribution in [3.63, 3.8) is 0 Å². The lowest BCUT2D eigenvalue weighted by Crippen LogP contribution is -2.25. The number of hydrogen-bond acceptors (Lipinski definition) is 3. The van der Waals surface area contributed by atoms with Crippen LogP contribution in [0.25, 0.3) is 5.69 Å². The first kappa shape index (κ1) is 17.2. The van der Waals surface area contributed by atoms with E-state index in [1.807, 2.05) is 19.2 Å². The van der Waals surface area contributed by atoms with Gasteiger partial charge in [0, 0.05) is 12.2 Å². The van der Waals surface area contributed by atoms with Crippen LogP contribution in [0, 0.1) is 12.8 Å². The average molecular weight is 327 g/mol. The fourth-order valence-electron chi connectivity index (χ4n) is 3.78. The van der Waals surface area contributed by atoms with Gasteiger partial charge in [-0.25, -0.2) is 4.98 Å². The highest BCUT2D eigenvalue weighted by atomic mass is 16.3. The number of aliphatic hydroxyl groups is 1. The van der Waals surface area contributed by atoms with E-state index < -0.39 is 0 Å². The maximum absolute atomic E-state index is 10.0. The molecular weight excluding hydrogens is 298 g/mol. The van der Waals surface area contributed by atoms with Gasteiger partial charge in [-0.05, 0) is 57.2 Å². The van der Waals surface area contributed by atoms with Crippen LogP contribution in [0.1, 0.15) is 50.0 Å². The van der Waals surface area contributed by atoms with Gasteiger partial charge in [-0.1, -0.05) is 31.0 Å². The Morgan fingerprint density at radius 3 is 2.79 bits per heavy atom. The lowest BCUT2D eigenvalue weighted by atomic mass is 9.83. The molecule has 24 heavy (non-hydrogen) atoms. The smallest absolute Gasteiger partial charge is 0.110 e. The number of rotatable bonds is 7. The largest absolute Gasteiger partial charge is 0.393 e. The topological polar surface area (TPSA) is 50.1 Å². The molecule has 2 atom stereocenters. The molecule has 1 saturated carbocycles. The van der Waals surface area contributed by atoms with Crippen LogP contribution >= 0.6 is 0 Å². The highest BCUT2D eigenvalue weighted by molar-refractivity contribution is 5.35. The van der Waals surface area contributed by atoms with Crippen LogP contribution in [-0.2, 0) is 6.54 Å². The Bertz CT molecular complexity index is 623. The molecule has 0 spiro atoms. The zero-order valence-electron chi connectivity index (χ0n) is 14.6. The van der Waals surface area contributed by atoms with Crippen LogP contribution in [0.15, 0.2) is 36.5 Å². The van der Waals surface area contributed by atoms with Gasteiger partial charge in [0.2, 0.25) is 0 Å². The van der Waals surface area contributed by atoms with Crippen LogP contribution in [-0.4, -0.2) is 27.3 Å². The summed E-state index contributed by atoms with van der Waals surface area (Å²) < 4.78 is 2.21. The third-order valence-electron chi connectivity index (χ3n) is 5.13. The van der Waals surface area contributed by atoms with Crippen molar-refractivity contribution in [1.29, 1.82) is 0 Å². The molecule has 4 heteroatoms. The molecule has 0 saturated heterocycles. The minimum atomic E-state index is -0.0686. The summed E-state index contributed by atoms with van der Waals surface area (Å²) in [6, 6.07) is 10.4. The Kier molecular flexibility index (Phi) is 6.05. The van der Waals surface area contributed by atoms with Gasteiger partial charge in [0.05, 0.1) is 18.0 Å². The molecule has 1 aromatic heterocycles. The predicted molar refractivity (Wildman–Crippen MR) is 97.2 cm³/mol. The minimum absolute atomic E-state index is 0.0686. The van der Waals surface area contributed by atoms with E-state index in [1.165, 1.54) is 25.0 Å². The van der Waals surface area contributed by atoms with Crippen LogP contribution in [0.2, 0.25) is 0 Å². The zero-order chi connectivity index (χ0) is 16.8. The normalized spacial score (nSPS) is 21.1. The monoisotopic (exact) mass is 327 g/mol. The number of para-hydroxylation sites is 1. The van der Waals surface area contributed by atoms with E-state index in [0.29, 0.717) is 5.92 Å². The van der Waals surface area contributed by atoms with E-state index >= 15 is 0 Å². The summed E-state index contributed by atoms with van der Waals surface area (Å²) in [5.41, 5.74) is 2.35. The molecule has 2 aromatic rings. The molecule has 0 radical (unpaired) electrons. The molecule has 1 aromatic carbocycles. The minimum Gasteiger partial charge on any atom is -0.393 e. The number of aryl methyl sites for hydroxylation is 1. The SMILES string of the molecule is Cc1ncc(CNCCCC2CCCCC2O)n1-c1ccccc1. The van der Waals surface area contributed by atoms with E-state index in [2.05, 4.69) is 39.1 Å². The summed E-state index contributed by atoms with van der Waals surface area (Å²) in [7, 11) is 0. The number of nitrogens with zero attached hydrogens (tertiary/aromatic N) is 2. The van der Waals surface area contributed by atoms with E-state index in [9.17, 15) is 5.11 Å². The number of imidazole rings is 1. The fourth-order valence-corrected chi connectivity index (χ4v) is 3.78. The molecule has 0 aliphatic heterocycles. The van der Waals surface area contributed by atoms with E-state index in [4.69, 9.17) is 0 Å². The van der Waals surface area contributed by atoms with Crippen LogP contribution < -0.4 is 5.32 Å². The van der Waals surface area contributed by atoms with Crippen molar-refractivity contribution in [3.05, 3.63) is 48.0 Å². The van der Waals surface area contributed by atoms with Gasteiger partial charge >= 0.3 is 0 Å². The fraction of sp³-hybridized carbons (Fsp3) is 0.550. The second-order valence-electron chi connectivity index (χ2n) is 6.90.